The molecule has 1 N–H and O–H groups in total. The zero-order valence-electron chi connectivity index (χ0n) is 12.0. The van der Waals surface area contributed by atoms with E-state index in [0.717, 1.165) is 29.8 Å². The van der Waals surface area contributed by atoms with Crippen LogP contribution in [0.1, 0.15) is 25.6 Å². The third-order valence-electron chi connectivity index (χ3n) is 3.23. The highest BCUT2D eigenvalue weighted by Crippen LogP contribution is 2.21. The summed E-state index contributed by atoms with van der Waals surface area (Å²) in [5.41, 5.74) is 1.79. The van der Waals surface area contributed by atoms with Gasteiger partial charge in [-0.3, -0.25) is 4.79 Å². The van der Waals surface area contributed by atoms with Gasteiger partial charge in [0.05, 0.1) is 17.5 Å². The van der Waals surface area contributed by atoms with Gasteiger partial charge in [0.1, 0.15) is 5.82 Å². The molecule has 0 bridgehead atoms. The summed E-state index contributed by atoms with van der Waals surface area (Å²) in [4.78, 5) is 15.3. The number of imidazole rings is 1. The first-order valence-corrected chi connectivity index (χ1v) is 7.43. The predicted molar refractivity (Wildman–Crippen MR) is 81.8 cm³/mol. The van der Waals surface area contributed by atoms with Crippen molar-refractivity contribution in [3.8, 4) is 0 Å². The van der Waals surface area contributed by atoms with Crippen LogP contribution < -0.4 is 0 Å². The van der Waals surface area contributed by atoms with E-state index in [-0.39, 0.29) is 6.42 Å². The number of aromatic nitrogens is 2. The molecule has 2 aromatic rings. The predicted octanol–water partition coefficient (Wildman–Crippen LogP) is 3.13. The van der Waals surface area contributed by atoms with Gasteiger partial charge in [0.2, 0.25) is 0 Å². The van der Waals surface area contributed by atoms with E-state index >= 15 is 0 Å². The van der Waals surface area contributed by atoms with Crippen molar-refractivity contribution < 1.29 is 14.6 Å². The maximum absolute atomic E-state index is 10.8. The number of fused-ring (bicyclic) bond motifs is 1. The molecule has 0 saturated carbocycles. The molecule has 1 aromatic heterocycles. The average Bonchev–Trinajstić information content (AvgIpc) is 2.78. The molecule has 0 unspecified atom stereocenters. The molecular weight excluding hydrogens is 292 g/mol. The minimum atomic E-state index is -0.819. The van der Waals surface area contributed by atoms with Crippen molar-refractivity contribution >= 4 is 28.6 Å². The number of nitrogens with zero attached hydrogens (tertiary/aromatic N) is 2. The first-order chi connectivity index (χ1) is 10.1. The Bertz CT molecular complexity index is 625. The van der Waals surface area contributed by atoms with E-state index in [2.05, 4.69) is 9.55 Å². The average molecular weight is 311 g/mol. The quantitative estimate of drug-likeness (QED) is 0.761. The number of benzene rings is 1. The molecule has 1 aromatic carbocycles. The lowest BCUT2D eigenvalue weighted by atomic mass is 10.3. The van der Waals surface area contributed by atoms with Gasteiger partial charge < -0.3 is 14.4 Å². The second kappa shape index (κ2) is 7.43. The summed E-state index contributed by atoms with van der Waals surface area (Å²) >= 11 is 5.99. The van der Waals surface area contributed by atoms with Gasteiger partial charge in [-0.1, -0.05) is 11.6 Å². The topological polar surface area (TPSA) is 64.3 Å². The van der Waals surface area contributed by atoms with E-state index in [1.165, 1.54) is 0 Å². The zero-order valence-corrected chi connectivity index (χ0v) is 12.8. The van der Waals surface area contributed by atoms with Crippen molar-refractivity contribution in [1.82, 2.24) is 9.55 Å². The molecule has 0 aliphatic heterocycles. The number of rotatable bonds is 8. The first-order valence-electron chi connectivity index (χ1n) is 7.06. The lowest BCUT2D eigenvalue weighted by Crippen LogP contribution is -2.08. The molecule has 0 aliphatic carbocycles. The second-order valence-electron chi connectivity index (χ2n) is 4.76. The number of carbonyl (C=O) groups is 1. The van der Waals surface area contributed by atoms with Gasteiger partial charge in [-0.05, 0) is 31.5 Å². The summed E-state index contributed by atoms with van der Waals surface area (Å²) in [5, 5.41) is 9.48. The third-order valence-corrected chi connectivity index (χ3v) is 3.46. The van der Waals surface area contributed by atoms with Crippen molar-refractivity contribution in [2.45, 2.75) is 32.7 Å². The number of aliphatic carboxylic acids is 1. The number of carboxylic acid groups (broad SMARTS) is 1. The fourth-order valence-corrected chi connectivity index (χ4v) is 2.45. The highest BCUT2D eigenvalue weighted by atomic mass is 35.5. The van der Waals surface area contributed by atoms with E-state index in [9.17, 15) is 4.79 Å². The Labute approximate surface area is 128 Å². The van der Waals surface area contributed by atoms with Gasteiger partial charge in [0.25, 0.3) is 0 Å². The Balaban J connectivity index is 2.23. The Hall–Kier alpha value is -1.59. The van der Waals surface area contributed by atoms with Crippen molar-refractivity contribution in [3.05, 3.63) is 29.0 Å². The number of carboxylic acids is 1. The molecule has 6 heteroatoms. The summed E-state index contributed by atoms with van der Waals surface area (Å²) in [5.74, 6) is -0.0351. The molecule has 2 rings (SSSR count). The Morgan fingerprint density at radius 2 is 2.29 bits per heavy atom. The maximum Gasteiger partial charge on any atom is 0.303 e. The van der Waals surface area contributed by atoms with Crippen molar-refractivity contribution in [2.24, 2.45) is 0 Å². The number of ether oxygens (including phenoxy) is 1. The fourth-order valence-electron chi connectivity index (χ4n) is 2.28. The summed E-state index contributed by atoms with van der Waals surface area (Å²) in [7, 11) is 0. The monoisotopic (exact) mass is 310 g/mol. The van der Waals surface area contributed by atoms with Gasteiger partial charge in [-0.2, -0.15) is 0 Å². The fraction of sp³-hybridized carbons (Fsp3) is 0.467. The molecule has 0 radical (unpaired) electrons. The van der Waals surface area contributed by atoms with E-state index in [1.807, 2.05) is 19.1 Å². The van der Waals surface area contributed by atoms with Gasteiger partial charge in [0.15, 0.2) is 0 Å². The molecule has 0 spiro atoms. The number of hydrogen-bond acceptors (Lipinski definition) is 3. The van der Waals surface area contributed by atoms with Crippen LogP contribution in [-0.4, -0.2) is 33.8 Å². The highest BCUT2D eigenvalue weighted by Gasteiger charge is 2.12. The van der Waals surface area contributed by atoms with Crippen LogP contribution >= 0.6 is 11.6 Å². The summed E-state index contributed by atoms with van der Waals surface area (Å²) in [6.45, 7) is 4.11. The van der Waals surface area contributed by atoms with E-state index in [1.54, 1.807) is 6.07 Å². The largest absolute Gasteiger partial charge is 0.481 e. The molecule has 0 fully saturated rings. The zero-order chi connectivity index (χ0) is 15.2. The van der Waals surface area contributed by atoms with Crippen LogP contribution in [0, 0.1) is 0 Å². The Morgan fingerprint density at radius 1 is 1.48 bits per heavy atom. The number of halogens is 1. The molecule has 0 atom stereocenters. The molecule has 0 aliphatic rings. The van der Waals surface area contributed by atoms with E-state index in [4.69, 9.17) is 21.4 Å². The number of aryl methyl sites for hydroxylation is 2. The second-order valence-corrected chi connectivity index (χ2v) is 5.19. The van der Waals surface area contributed by atoms with Crippen LogP contribution in [0.25, 0.3) is 11.0 Å². The molecular formula is C15H19ClN2O3. The molecule has 5 nitrogen and oxygen atoms in total. The van der Waals surface area contributed by atoms with Crippen molar-refractivity contribution in [2.75, 3.05) is 13.2 Å². The van der Waals surface area contributed by atoms with Gasteiger partial charge >= 0.3 is 5.97 Å². The normalized spacial score (nSPS) is 11.1. The van der Waals surface area contributed by atoms with Crippen LogP contribution in [0.4, 0.5) is 0 Å². The minimum Gasteiger partial charge on any atom is -0.481 e. The summed E-state index contributed by atoms with van der Waals surface area (Å²) in [6, 6.07) is 5.56. The maximum atomic E-state index is 10.8. The van der Waals surface area contributed by atoms with Crippen LogP contribution in [-0.2, 0) is 22.5 Å². The lowest BCUT2D eigenvalue weighted by molar-refractivity contribution is -0.137. The van der Waals surface area contributed by atoms with Crippen LogP contribution in [0.5, 0.6) is 0 Å². The standard InChI is InChI=1S/C15H19ClN2O3/c1-2-21-9-3-8-18-13-5-4-11(16)10-12(13)17-14(18)6-7-15(19)20/h4-5,10H,2-3,6-9H2,1H3,(H,19,20). The molecule has 0 amide bonds. The highest BCUT2D eigenvalue weighted by molar-refractivity contribution is 6.31. The third kappa shape index (κ3) is 4.19. The molecule has 1 heterocycles. The lowest BCUT2D eigenvalue weighted by Gasteiger charge is -2.08. The van der Waals surface area contributed by atoms with Crippen LogP contribution in [0.2, 0.25) is 5.02 Å². The van der Waals surface area contributed by atoms with Crippen LogP contribution in [0.3, 0.4) is 0 Å². The Morgan fingerprint density at radius 3 is 3.00 bits per heavy atom. The van der Waals surface area contributed by atoms with Crippen molar-refractivity contribution in [3.63, 3.8) is 0 Å². The first kappa shape index (κ1) is 15.8. The van der Waals surface area contributed by atoms with E-state index < -0.39 is 5.97 Å². The van der Waals surface area contributed by atoms with Gasteiger partial charge in [-0.15, -0.1) is 0 Å². The SMILES string of the molecule is CCOCCCn1c(CCC(=O)O)nc2cc(Cl)ccc21. The molecule has 114 valence electrons. The van der Waals surface area contributed by atoms with Gasteiger partial charge in [0, 0.05) is 31.2 Å². The van der Waals surface area contributed by atoms with Crippen LogP contribution in [0.15, 0.2) is 18.2 Å². The minimum absolute atomic E-state index is 0.0719. The smallest absolute Gasteiger partial charge is 0.303 e. The molecule has 0 saturated heterocycles. The summed E-state index contributed by atoms with van der Waals surface area (Å²) in [6.07, 6.45) is 1.35. The van der Waals surface area contributed by atoms with E-state index in [0.29, 0.717) is 24.7 Å². The molecule has 21 heavy (non-hydrogen) atoms. The summed E-state index contributed by atoms with van der Waals surface area (Å²) < 4.78 is 7.42. The van der Waals surface area contributed by atoms with Crippen molar-refractivity contribution in [1.29, 1.82) is 0 Å². The Kier molecular flexibility index (Phi) is 5.59. The van der Waals surface area contributed by atoms with Gasteiger partial charge in [-0.25, -0.2) is 4.98 Å². The number of hydrogen-bond donors (Lipinski definition) is 1.